The number of esters is 1. The summed E-state index contributed by atoms with van der Waals surface area (Å²) in [6, 6.07) is 10.1. The maximum Gasteiger partial charge on any atom is 0.337 e. The normalized spacial score (nSPS) is 18.7. The van der Waals surface area contributed by atoms with Crippen LogP contribution in [0, 0.1) is 5.92 Å². The minimum Gasteiger partial charge on any atom is -0.467 e. The highest BCUT2D eigenvalue weighted by Crippen LogP contribution is 2.41. The molecule has 32 heavy (non-hydrogen) atoms. The number of hydrogen-bond acceptors (Lipinski definition) is 6. The van der Waals surface area contributed by atoms with E-state index in [1.807, 2.05) is 42.6 Å². The quantitative estimate of drug-likeness (QED) is 0.622. The summed E-state index contributed by atoms with van der Waals surface area (Å²) >= 11 is 0. The second kappa shape index (κ2) is 10.5. The molecule has 0 fully saturated rings. The maximum atomic E-state index is 12.9. The third-order valence-electron chi connectivity index (χ3n) is 5.48. The van der Waals surface area contributed by atoms with Crippen LogP contribution in [-0.4, -0.2) is 48.6 Å². The van der Waals surface area contributed by atoms with E-state index < -0.39 is 17.7 Å². The van der Waals surface area contributed by atoms with Crippen molar-refractivity contribution in [3.8, 4) is 0 Å². The highest BCUT2D eigenvalue weighted by molar-refractivity contribution is 5.97. The Morgan fingerprint density at radius 2 is 1.91 bits per heavy atom. The summed E-state index contributed by atoms with van der Waals surface area (Å²) in [7, 11) is 1.31. The Balaban J connectivity index is 0.00000363. The SMILES string of the molecule is COC(=O)C(C)(C)OC1C=C2C(=CN(CC(C)C)C(CN)=C2c2ccccc2)CC1=O.Cl. The number of hydrogen-bond donors (Lipinski definition) is 1. The first kappa shape index (κ1) is 25.8. The molecule has 1 aromatic carbocycles. The minimum atomic E-state index is -1.24. The van der Waals surface area contributed by atoms with Crippen molar-refractivity contribution in [3.05, 3.63) is 65.0 Å². The van der Waals surface area contributed by atoms with Gasteiger partial charge >= 0.3 is 5.97 Å². The molecule has 0 saturated carbocycles. The fourth-order valence-electron chi connectivity index (χ4n) is 4.07. The van der Waals surface area contributed by atoms with Crippen molar-refractivity contribution in [1.29, 1.82) is 0 Å². The molecule has 2 aliphatic rings. The van der Waals surface area contributed by atoms with E-state index in [-0.39, 0.29) is 24.6 Å². The van der Waals surface area contributed by atoms with Crippen LogP contribution in [0.25, 0.3) is 5.57 Å². The summed E-state index contributed by atoms with van der Waals surface area (Å²) in [5, 5.41) is 0. The van der Waals surface area contributed by atoms with Gasteiger partial charge in [0.2, 0.25) is 0 Å². The van der Waals surface area contributed by atoms with Crippen LogP contribution < -0.4 is 5.73 Å². The van der Waals surface area contributed by atoms with Crippen molar-refractivity contribution in [2.75, 3.05) is 20.2 Å². The number of nitrogens with two attached hydrogens (primary N) is 1. The topological polar surface area (TPSA) is 81.9 Å². The summed E-state index contributed by atoms with van der Waals surface area (Å²) in [4.78, 5) is 27.2. The lowest BCUT2D eigenvalue weighted by Crippen LogP contribution is -2.43. The van der Waals surface area contributed by atoms with Crippen molar-refractivity contribution >= 4 is 29.7 Å². The van der Waals surface area contributed by atoms with Crippen molar-refractivity contribution in [1.82, 2.24) is 4.90 Å². The Morgan fingerprint density at radius 1 is 1.25 bits per heavy atom. The first-order chi connectivity index (χ1) is 14.7. The predicted molar refractivity (Wildman–Crippen MR) is 128 cm³/mol. The molecular formula is C25H33ClN2O4. The molecule has 1 aliphatic heterocycles. The van der Waals surface area contributed by atoms with Gasteiger partial charge in [-0.25, -0.2) is 4.79 Å². The lowest BCUT2D eigenvalue weighted by Gasteiger charge is -2.37. The van der Waals surface area contributed by atoms with Gasteiger partial charge < -0.3 is 20.1 Å². The summed E-state index contributed by atoms with van der Waals surface area (Å²) in [6.45, 7) is 8.71. The van der Waals surface area contributed by atoms with Crippen LogP contribution in [0.1, 0.15) is 39.7 Å². The summed E-state index contributed by atoms with van der Waals surface area (Å²) in [5.74, 6) is -0.175. The van der Waals surface area contributed by atoms with Gasteiger partial charge in [0, 0.05) is 37.0 Å². The molecule has 7 heteroatoms. The molecule has 2 N–H and O–H groups in total. The van der Waals surface area contributed by atoms with Crippen molar-refractivity contribution in [3.63, 3.8) is 0 Å². The fraction of sp³-hybridized carbons (Fsp3) is 0.440. The van der Waals surface area contributed by atoms with E-state index in [0.717, 1.165) is 34.5 Å². The number of benzene rings is 1. The third kappa shape index (κ3) is 5.31. The van der Waals surface area contributed by atoms with Gasteiger partial charge in [-0.3, -0.25) is 4.79 Å². The monoisotopic (exact) mass is 460 g/mol. The number of rotatable bonds is 7. The highest BCUT2D eigenvalue weighted by atomic mass is 35.5. The molecule has 6 nitrogen and oxygen atoms in total. The third-order valence-corrected chi connectivity index (χ3v) is 5.48. The molecule has 0 radical (unpaired) electrons. The van der Waals surface area contributed by atoms with Crippen LogP contribution in [-0.2, 0) is 19.1 Å². The maximum absolute atomic E-state index is 12.9. The molecule has 0 saturated heterocycles. The van der Waals surface area contributed by atoms with E-state index in [9.17, 15) is 9.59 Å². The minimum absolute atomic E-state index is 0. The molecule has 1 unspecified atom stereocenters. The molecule has 3 rings (SSSR count). The van der Waals surface area contributed by atoms with Crippen molar-refractivity contribution in [2.24, 2.45) is 11.7 Å². The number of halogens is 1. The fourth-order valence-corrected chi connectivity index (χ4v) is 4.07. The predicted octanol–water partition coefficient (Wildman–Crippen LogP) is 3.87. The first-order valence-corrected chi connectivity index (χ1v) is 10.7. The molecule has 0 aromatic heterocycles. The molecular weight excluding hydrogens is 428 g/mol. The molecule has 174 valence electrons. The standard InChI is InChI=1S/C25H32N2O4.ClH/c1-16(2)14-27-15-18-11-21(28)22(31-25(3,4)24(29)30-5)12-19(18)23(20(27)13-26)17-9-7-6-8-10-17;/h6-10,12,15-16,22H,11,13-14,26H2,1-5H3;1H. The van der Waals surface area contributed by atoms with Gasteiger partial charge in [-0.15, -0.1) is 12.4 Å². The lowest BCUT2D eigenvalue weighted by atomic mass is 9.81. The zero-order valence-electron chi connectivity index (χ0n) is 19.4. The molecule has 1 atom stereocenters. The van der Waals surface area contributed by atoms with Crippen LogP contribution in [0.3, 0.4) is 0 Å². The average Bonchev–Trinajstić information content (AvgIpc) is 2.73. The Kier molecular flexibility index (Phi) is 8.46. The highest BCUT2D eigenvalue weighted by Gasteiger charge is 2.39. The second-order valence-corrected chi connectivity index (χ2v) is 8.86. The van der Waals surface area contributed by atoms with Gasteiger partial charge in [-0.2, -0.15) is 0 Å². The number of nitrogens with zero attached hydrogens (tertiary/aromatic N) is 1. The second-order valence-electron chi connectivity index (χ2n) is 8.86. The number of carbonyl (C=O) groups excluding carboxylic acids is 2. The van der Waals surface area contributed by atoms with Gasteiger partial charge in [0.25, 0.3) is 0 Å². The molecule has 1 aromatic rings. The molecule has 1 aliphatic carbocycles. The Labute approximate surface area is 196 Å². The van der Waals surface area contributed by atoms with Crippen molar-refractivity contribution < 1.29 is 19.1 Å². The number of carbonyl (C=O) groups is 2. The van der Waals surface area contributed by atoms with Crippen molar-refractivity contribution in [2.45, 2.75) is 45.8 Å². The van der Waals surface area contributed by atoms with E-state index in [4.69, 9.17) is 15.2 Å². The zero-order valence-corrected chi connectivity index (χ0v) is 20.2. The van der Waals surface area contributed by atoms with Crippen LogP contribution in [0.15, 0.2) is 59.5 Å². The first-order valence-electron chi connectivity index (χ1n) is 10.7. The Morgan fingerprint density at radius 3 is 2.47 bits per heavy atom. The number of allylic oxidation sites excluding steroid dienone is 3. The molecule has 0 bridgehead atoms. The summed E-state index contributed by atoms with van der Waals surface area (Å²) < 4.78 is 10.8. The van der Waals surface area contributed by atoms with Gasteiger partial charge in [-0.05, 0) is 42.6 Å². The van der Waals surface area contributed by atoms with Crippen LogP contribution in [0.2, 0.25) is 0 Å². The van der Waals surface area contributed by atoms with Gasteiger partial charge in [0.15, 0.2) is 11.4 Å². The van der Waals surface area contributed by atoms with Gasteiger partial charge in [0.05, 0.1) is 7.11 Å². The number of ketones is 1. The van der Waals surface area contributed by atoms with E-state index in [0.29, 0.717) is 12.5 Å². The van der Waals surface area contributed by atoms with Crippen LogP contribution >= 0.6 is 12.4 Å². The van der Waals surface area contributed by atoms with E-state index in [1.165, 1.54) is 7.11 Å². The lowest BCUT2D eigenvalue weighted by molar-refractivity contribution is -0.171. The average molecular weight is 461 g/mol. The summed E-state index contributed by atoms with van der Waals surface area (Å²) in [5.41, 5.74) is 9.93. The molecule has 0 spiro atoms. The molecule has 0 amide bonds. The Bertz CT molecular complexity index is 948. The van der Waals surface area contributed by atoms with Gasteiger partial charge in [0.1, 0.15) is 6.10 Å². The number of methoxy groups -OCH3 is 1. The number of fused-ring (bicyclic) bond motifs is 1. The van der Waals surface area contributed by atoms with Gasteiger partial charge in [-0.1, -0.05) is 44.2 Å². The van der Waals surface area contributed by atoms with E-state index in [2.05, 4.69) is 18.7 Å². The van der Waals surface area contributed by atoms with E-state index >= 15 is 0 Å². The Hall–Kier alpha value is -2.41. The molecule has 1 heterocycles. The number of ether oxygens (including phenoxy) is 2. The van der Waals surface area contributed by atoms with Crippen LogP contribution in [0.5, 0.6) is 0 Å². The smallest absolute Gasteiger partial charge is 0.337 e. The van der Waals surface area contributed by atoms with Crippen LogP contribution in [0.4, 0.5) is 0 Å². The van der Waals surface area contributed by atoms with E-state index in [1.54, 1.807) is 13.8 Å². The summed E-state index contributed by atoms with van der Waals surface area (Å²) in [6.07, 6.45) is 3.26. The largest absolute Gasteiger partial charge is 0.467 e. The number of Topliss-reactive ketones (excluding diaryl/α,β-unsaturated/α-hetero) is 1. The zero-order chi connectivity index (χ0) is 22.8.